The number of fused-ring (bicyclic) bond motifs is 1. The molecule has 0 saturated heterocycles. The van der Waals surface area contributed by atoms with Crippen LogP contribution in [0.25, 0.3) is 16.6 Å². The fourth-order valence-electron chi connectivity index (χ4n) is 3.60. The minimum atomic E-state index is -1.19. The number of pyridine rings is 1. The van der Waals surface area contributed by atoms with Crippen LogP contribution in [0.4, 0.5) is 5.82 Å². The highest BCUT2D eigenvalue weighted by molar-refractivity contribution is 5.95. The molecule has 2 aromatic heterocycles. The Morgan fingerprint density at radius 3 is 2.34 bits per heavy atom. The van der Waals surface area contributed by atoms with E-state index in [-0.39, 0.29) is 11.1 Å². The van der Waals surface area contributed by atoms with Crippen LogP contribution in [-0.2, 0) is 0 Å². The lowest BCUT2D eigenvalue weighted by molar-refractivity contribution is 0.0696. The van der Waals surface area contributed by atoms with Gasteiger partial charge >= 0.3 is 11.9 Å². The number of hydrogen-bond donors (Lipinski definition) is 3. The predicted molar refractivity (Wildman–Crippen MR) is 122 cm³/mol. The van der Waals surface area contributed by atoms with Gasteiger partial charge in [0.25, 0.3) is 0 Å². The summed E-state index contributed by atoms with van der Waals surface area (Å²) in [6.07, 6.45) is 1.65. The second-order valence-corrected chi connectivity index (χ2v) is 7.30. The number of para-hydroxylation sites is 1. The fourth-order valence-corrected chi connectivity index (χ4v) is 3.60. The van der Waals surface area contributed by atoms with Gasteiger partial charge in [0, 0.05) is 28.0 Å². The average Bonchev–Trinajstić information content (AvgIpc) is 3.06. The van der Waals surface area contributed by atoms with Gasteiger partial charge in [-0.2, -0.15) is 5.10 Å². The molecule has 2 heterocycles. The Kier molecular flexibility index (Phi) is 5.43. The van der Waals surface area contributed by atoms with Crippen LogP contribution in [0.15, 0.2) is 65.8 Å². The highest BCUT2D eigenvalue weighted by Crippen LogP contribution is 2.23. The van der Waals surface area contributed by atoms with E-state index in [9.17, 15) is 19.8 Å². The number of hydrogen-bond acceptors (Lipinski definition) is 5. The average molecular weight is 428 g/mol. The second kappa shape index (κ2) is 8.35. The predicted octanol–water partition coefficient (Wildman–Crippen LogP) is 4.48. The molecule has 0 atom stereocenters. The van der Waals surface area contributed by atoms with E-state index in [2.05, 4.69) is 15.5 Å². The van der Waals surface area contributed by atoms with Gasteiger partial charge in [0.15, 0.2) is 0 Å². The molecule has 4 aromatic rings. The normalized spacial score (nSPS) is 11.2. The van der Waals surface area contributed by atoms with Gasteiger partial charge in [0.1, 0.15) is 5.82 Å². The summed E-state index contributed by atoms with van der Waals surface area (Å²) < 4.78 is 1.80. The van der Waals surface area contributed by atoms with Gasteiger partial charge in [-0.15, -0.1) is 0 Å². The third kappa shape index (κ3) is 4.06. The maximum Gasteiger partial charge on any atom is 0.335 e. The molecule has 0 bridgehead atoms. The monoisotopic (exact) mass is 428 g/mol. The van der Waals surface area contributed by atoms with Crippen molar-refractivity contribution in [2.75, 3.05) is 5.43 Å². The van der Waals surface area contributed by atoms with E-state index in [4.69, 9.17) is 0 Å². The Morgan fingerprint density at radius 1 is 0.969 bits per heavy atom. The van der Waals surface area contributed by atoms with E-state index in [1.807, 2.05) is 56.3 Å². The number of aromatic carboxylic acids is 2. The number of nitrogens with one attached hydrogen (secondary N) is 1. The zero-order chi connectivity index (χ0) is 22.8. The Morgan fingerprint density at radius 2 is 1.66 bits per heavy atom. The van der Waals surface area contributed by atoms with Crippen molar-refractivity contribution in [2.24, 2.45) is 5.10 Å². The minimum absolute atomic E-state index is 0.0911. The summed E-state index contributed by atoms with van der Waals surface area (Å²) in [5.41, 5.74) is 6.46. The molecule has 0 radical (unpaired) electrons. The SMILES string of the molecule is Cc1cc(/C=N\Nc2ccc3ccccc3n2)c(C)n1-c1cc(C(=O)O)cc(C(=O)O)c1. The molecule has 8 heteroatoms. The molecule has 0 aliphatic heterocycles. The number of benzene rings is 2. The van der Waals surface area contributed by atoms with Crippen LogP contribution in [-0.4, -0.2) is 37.9 Å². The Labute approximate surface area is 183 Å². The Hall–Kier alpha value is -4.46. The molecule has 0 amide bonds. The first-order chi connectivity index (χ1) is 15.3. The summed E-state index contributed by atoms with van der Waals surface area (Å²) in [4.78, 5) is 27.4. The van der Waals surface area contributed by atoms with Crippen LogP contribution in [0.3, 0.4) is 0 Å². The summed E-state index contributed by atoms with van der Waals surface area (Å²) in [6, 6.07) is 17.5. The van der Waals surface area contributed by atoms with Crippen molar-refractivity contribution in [3.8, 4) is 5.69 Å². The van der Waals surface area contributed by atoms with Crippen LogP contribution in [0.5, 0.6) is 0 Å². The van der Waals surface area contributed by atoms with Gasteiger partial charge in [0.05, 0.1) is 22.9 Å². The smallest absolute Gasteiger partial charge is 0.335 e. The molecule has 0 unspecified atom stereocenters. The number of carboxylic acid groups (broad SMARTS) is 2. The number of carbonyl (C=O) groups is 2. The Bertz CT molecular complexity index is 1360. The van der Waals surface area contributed by atoms with Crippen LogP contribution >= 0.6 is 0 Å². The number of hydrazone groups is 1. The van der Waals surface area contributed by atoms with E-state index < -0.39 is 11.9 Å². The van der Waals surface area contributed by atoms with Crippen LogP contribution in [0.2, 0.25) is 0 Å². The van der Waals surface area contributed by atoms with Gasteiger partial charge < -0.3 is 14.8 Å². The first-order valence-corrected chi connectivity index (χ1v) is 9.79. The zero-order valence-corrected chi connectivity index (χ0v) is 17.4. The van der Waals surface area contributed by atoms with Crippen LogP contribution < -0.4 is 5.43 Å². The summed E-state index contributed by atoms with van der Waals surface area (Å²) >= 11 is 0. The molecule has 32 heavy (non-hydrogen) atoms. The first-order valence-electron chi connectivity index (χ1n) is 9.79. The molecule has 2 aromatic carbocycles. The number of anilines is 1. The third-order valence-corrected chi connectivity index (χ3v) is 5.12. The zero-order valence-electron chi connectivity index (χ0n) is 17.4. The van der Waals surface area contributed by atoms with Crippen molar-refractivity contribution in [2.45, 2.75) is 13.8 Å². The largest absolute Gasteiger partial charge is 0.478 e. The third-order valence-electron chi connectivity index (χ3n) is 5.12. The van der Waals surface area contributed by atoms with Crippen molar-refractivity contribution in [3.63, 3.8) is 0 Å². The molecule has 0 aliphatic rings. The van der Waals surface area contributed by atoms with E-state index in [1.54, 1.807) is 10.8 Å². The van der Waals surface area contributed by atoms with Gasteiger partial charge in [0.2, 0.25) is 0 Å². The maximum atomic E-state index is 11.5. The summed E-state index contributed by atoms with van der Waals surface area (Å²) in [5, 5.41) is 24.0. The molecule has 0 saturated carbocycles. The molecule has 4 rings (SSSR count). The molecule has 0 fully saturated rings. The topological polar surface area (TPSA) is 117 Å². The number of nitrogens with zero attached hydrogens (tertiary/aromatic N) is 3. The number of carboxylic acids is 2. The molecule has 8 nitrogen and oxygen atoms in total. The summed E-state index contributed by atoms with van der Waals surface area (Å²) in [6.45, 7) is 3.72. The summed E-state index contributed by atoms with van der Waals surface area (Å²) in [7, 11) is 0. The van der Waals surface area contributed by atoms with Crippen LogP contribution in [0, 0.1) is 13.8 Å². The molecule has 160 valence electrons. The standard InChI is InChI=1S/C24H20N4O4/c1-14-9-19(13-25-27-22-8-7-16-5-3-4-6-21(16)26-22)15(2)28(14)20-11-17(23(29)30)10-18(12-20)24(31)32/h3-13H,1-2H3,(H,26,27)(H,29,30)(H,31,32)/b25-13-. The van der Waals surface area contributed by atoms with E-state index in [1.165, 1.54) is 12.1 Å². The molecule has 0 aliphatic carbocycles. The highest BCUT2D eigenvalue weighted by atomic mass is 16.4. The van der Waals surface area contributed by atoms with E-state index >= 15 is 0 Å². The van der Waals surface area contributed by atoms with Crippen molar-refractivity contribution >= 4 is 34.9 Å². The quantitative estimate of drug-likeness (QED) is 0.308. The van der Waals surface area contributed by atoms with Gasteiger partial charge in [-0.05, 0) is 56.3 Å². The van der Waals surface area contributed by atoms with E-state index in [0.717, 1.165) is 33.9 Å². The maximum absolute atomic E-state index is 11.5. The lowest BCUT2D eigenvalue weighted by atomic mass is 10.1. The Balaban J connectivity index is 1.64. The molecular weight excluding hydrogens is 408 g/mol. The second-order valence-electron chi connectivity index (χ2n) is 7.30. The van der Waals surface area contributed by atoms with Crippen molar-refractivity contribution in [1.29, 1.82) is 0 Å². The highest BCUT2D eigenvalue weighted by Gasteiger charge is 2.16. The number of aromatic nitrogens is 2. The molecule has 0 spiro atoms. The first kappa shape index (κ1) is 20.8. The van der Waals surface area contributed by atoms with Crippen molar-refractivity contribution in [1.82, 2.24) is 9.55 Å². The van der Waals surface area contributed by atoms with Crippen molar-refractivity contribution < 1.29 is 19.8 Å². The number of aryl methyl sites for hydroxylation is 1. The van der Waals surface area contributed by atoms with Gasteiger partial charge in [-0.25, -0.2) is 14.6 Å². The lowest BCUT2D eigenvalue weighted by Gasteiger charge is -2.12. The van der Waals surface area contributed by atoms with Crippen molar-refractivity contribution in [3.05, 3.63) is 88.7 Å². The van der Waals surface area contributed by atoms with Gasteiger partial charge in [-0.1, -0.05) is 18.2 Å². The fraction of sp³-hybridized carbons (Fsp3) is 0.0833. The summed E-state index contributed by atoms with van der Waals surface area (Å²) in [5.74, 6) is -1.77. The lowest BCUT2D eigenvalue weighted by Crippen LogP contribution is -2.07. The minimum Gasteiger partial charge on any atom is -0.478 e. The number of rotatable bonds is 6. The van der Waals surface area contributed by atoms with E-state index in [0.29, 0.717) is 11.5 Å². The molecular formula is C24H20N4O4. The van der Waals surface area contributed by atoms with Gasteiger partial charge in [-0.3, -0.25) is 5.43 Å². The van der Waals surface area contributed by atoms with Crippen LogP contribution in [0.1, 0.15) is 37.7 Å². The molecule has 3 N–H and O–H groups in total.